The fourth-order valence-electron chi connectivity index (χ4n) is 2.63. The van der Waals surface area contributed by atoms with Crippen LogP contribution in [-0.2, 0) is 10.0 Å². The standard InChI is InChI=1S/C20H23ClF2N2O3S/c1-12(2)25(5)29(27,28)15-7-8-17(21)16(11-15)20(26)24(4)13(3)14-6-9-18(22)19(23)10-14/h6-13H,1-5H3. The van der Waals surface area contributed by atoms with Crippen LogP contribution in [0.4, 0.5) is 8.78 Å². The highest BCUT2D eigenvalue weighted by Crippen LogP contribution is 2.28. The maximum absolute atomic E-state index is 13.5. The van der Waals surface area contributed by atoms with Gasteiger partial charge in [-0.05, 0) is 56.7 Å². The molecule has 5 nitrogen and oxygen atoms in total. The van der Waals surface area contributed by atoms with Crippen LogP contribution in [0.3, 0.4) is 0 Å². The average molecular weight is 445 g/mol. The summed E-state index contributed by atoms with van der Waals surface area (Å²) < 4.78 is 53.4. The highest BCUT2D eigenvalue weighted by Gasteiger charge is 2.27. The summed E-state index contributed by atoms with van der Waals surface area (Å²) in [4.78, 5) is 14.2. The molecule has 1 amide bonds. The van der Waals surface area contributed by atoms with Crippen molar-refractivity contribution in [2.45, 2.75) is 37.8 Å². The van der Waals surface area contributed by atoms with Crippen LogP contribution >= 0.6 is 11.6 Å². The smallest absolute Gasteiger partial charge is 0.255 e. The van der Waals surface area contributed by atoms with Crippen molar-refractivity contribution in [1.29, 1.82) is 0 Å². The molecule has 0 saturated carbocycles. The summed E-state index contributed by atoms with van der Waals surface area (Å²) >= 11 is 6.16. The number of sulfonamides is 1. The molecule has 1 unspecified atom stereocenters. The summed E-state index contributed by atoms with van der Waals surface area (Å²) in [5, 5.41) is 0.0884. The van der Waals surface area contributed by atoms with Crippen molar-refractivity contribution in [3.05, 3.63) is 64.2 Å². The van der Waals surface area contributed by atoms with E-state index in [1.807, 2.05) is 0 Å². The van der Waals surface area contributed by atoms with Gasteiger partial charge in [0.1, 0.15) is 0 Å². The fraction of sp³-hybridized carbons (Fsp3) is 0.350. The monoisotopic (exact) mass is 444 g/mol. The largest absolute Gasteiger partial charge is 0.335 e. The minimum atomic E-state index is -3.81. The average Bonchev–Trinajstić information content (AvgIpc) is 2.67. The summed E-state index contributed by atoms with van der Waals surface area (Å²) in [6, 6.07) is 6.43. The van der Waals surface area contributed by atoms with Gasteiger partial charge in [-0.1, -0.05) is 17.7 Å². The van der Waals surface area contributed by atoms with Crippen molar-refractivity contribution >= 4 is 27.5 Å². The van der Waals surface area contributed by atoms with E-state index < -0.39 is 33.6 Å². The summed E-state index contributed by atoms with van der Waals surface area (Å²) in [6.07, 6.45) is 0. The molecule has 0 spiro atoms. The lowest BCUT2D eigenvalue weighted by Crippen LogP contribution is -2.33. The van der Waals surface area contributed by atoms with Crippen LogP contribution in [0, 0.1) is 11.6 Å². The van der Waals surface area contributed by atoms with Gasteiger partial charge in [0.2, 0.25) is 10.0 Å². The number of hydrogen-bond acceptors (Lipinski definition) is 3. The predicted octanol–water partition coefficient (Wildman–Crippen LogP) is 4.48. The Morgan fingerprint density at radius 3 is 2.17 bits per heavy atom. The molecule has 2 rings (SSSR count). The molecule has 0 aromatic heterocycles. The molecule has 0 saturated heterocycles. The second-order valence-corrected chi connectivity index (χ2v) is 9.43. The zero-order valence-corrected chi connectivity index (χ0v) is 18.4. The zero-order chi connectivity index (χ0) is 22.1. The van der Waals surface area contributed by atoms with E-state index in [0.29, 0.717) is 5.56 Å². The molecule has 0 aliphatic rings. The van der Waals surface area contributed by atoms with Crippen LogP contribution in [0.25, 0.3) is 0 Å². The Kier molecular flexibility index (Phi) is 7.03. The third-order valence-corrected chi connectivity index (χ3v) is 7.26. The van der Waals surface area contributed by atoms with Gasteiger partial charge < -0.3 is 4.90 Å². The maximum Gasteiger partial charge on any atom is 0.255 e. The van der Waals surface area contributed by atoms with Crippen LogP contribution in [0.2, 0.25) is 5.02 Å². The number of amides is 1. The highest BCUT2D eigenvalue weighted by atomic mass is 35.5. The number of nitrogens with zero attached hydrogens (tertiary/aromatic N) is 2. The minimum absolute atomic E-state index is 0.00170. The molecule has 0 bridgehead atoms. The van der Waals surface area contributed by atoms with E-state index in [0.717, 1.165) is 12.1 Å². The summed E-state index contributed by atoms with van der Waals surface area (Å²) in [5.74, 6) is -2.54. The van der Waals surface area contributed by atoms with E-state index >= 15 is 0 Å². The first-order chi connectivity index (χ1) is 13.4. The molecular formula is C20H23ClF2N2O3S. The molecule has 0 N–H and O–H groups in total. The number of halogens is 3. The highest BCUT2D eigenvalue weighted by molar-refractivity contribution is 7.89. The lowest BCUT2D eigenvalue weighted by molar-refractivity contribution is 0.0742. The summed E-state index contributed by atoms with van der Waals surface area (Å²) in [7, 11) is -0.877. The zero-order valence-electron chi connectivity index (χ0n) is 16.8. The molecule has 0 fully saturated rings. The van der Waals surface area contributed by atoms with Crippen molar-refractivity contribution in [3.8, 4) is 0 Å². The van der Waals surface area contributed by atoms with Crippen LogP contribution < -0.4 is 0 Å². The molecule has 2 aromatic carbocycles. The fourth-order valence-corrected chi connectivity index (χ4v) is 4.23. The Hall–Kier alpha value is -2.03. The first-order valence-electron chi connectivity index (χ1n) is 8.87. The SMILES string of the molecule is CC(c1ccc(F)c(F)c1)N(C)C(=O)c1cc(S(=O)(=O)N(C)C(C)C)ccc1Cl. The number of hydrogen-bond donors (Lipinski definition) is 0. The quantitative estimate of drug-likeness (QED) is 0.660. The molecule has 158 valence electrons. The van der Waals surface area contributed by atoms with Gasteiger partial charge in [0.05, 0.1) is 21.5 Å². The maximum atomic E-state index is 13.5. The Morgan fingerprint density at radius 1 is 1.00 bits per heavy atom. The third-order valence-electron chi connectivity index (χ3n) is 4.90. The second-order valence-electron chi connectivity index (χ2n) is 7.02. The molecule has 0 aliphatic carbocycles. The van der Waals surface area contributed by atoms with Crippen molar-refractivity contribution in [3.63, 3.8) is 0 Å². The van der Waals surface area contributed by atoms with E-state index in [4.69, 9.17) is 11.6 Å². The van der Waals surface area contributed by atoms with Crippen LogP contribution in [-0.4, -0.2) is 43.7 Å². The van der Waals surface area contributed by atoms with E-state index in [2.05, 4.69) is 0 Å². The molecule has 0 radical (unpaired) electrons. The Bertz CT molecular complexity index is 1030. The van der Waals surface area contributed by atoms with E-state index in [1.54, 1.807) is 20.8 Å². The molecule has 29 heavy (non-hydrogen) atoms. The molecule has 0 aliphatic heterocycles. The van der Waals surface area contributed by atoms with Crippen LogP contribution in [0.15, 0.2) is 41.3 Å². The van der Waals surface area contributed by atoms with Gasteiger partial charge in [-0.15, -0.1) is 0 Å². The van der Waals surface area contributed by atoms with Gasteiger partial charge in [0.25, 0.3) is 5.91 Å². The van der Waals surface area contributed by atoms with Crippen molar-refractivity contribution < 1.29 is 22.0 Å². The van der Waals surface area contributed by atoms with Gasteiger partial charge in [-0.2, -0.15) is 4.31 Å². The Morgan fingerprint density at radius 2 is 1.62 bits per heavy atom. The lowest BCUT2D eigenvalue weighted by Gasteiger charge is -2.26. The van der Waals surface area contributed by atoms with Crippen molar-refractivity contribution in [2.24, 2.45) is 0 Å². The summed E-state index contributed by atoms with van der Waals surface area (Å²) in [6.45, 7) is 5.11. The first kappa shape index (κ1) is 23.3. The van der Waals surface area contributed by atoms with Crippen molar-refractivity contribution in [1.82, 2.24) is 9.21 Å². The molecule has 0 heterocycles. The molecular weight excluding hydrogens is 422 g/mol. The minimum Gasteiger partial charge on any atom is -0.335 e. The van der Waals surface area contributed by atoms with E-state index in [9.17, 15) is 22.0 Å². The number of carbonyl (C=O) groups excluding carboxylic acids is 1. The number of carbonyl (C=O) groups is 1. The van der Waals surface area contributed by atoms with Gasteiger partial charge >= 0.3 is 0 Å². The van der Waals surface area contributed by atoms with Crippen LogP contribution in [0.5, 0.6) is 0 Å². The van der Waals surface area contributed by atoms with E-state index in [-0.39, 0.29) is 21.5 Å². The van der Waals surface area contributed by atoms with Crippen molar-refractivity contribution in [2.75, 3.05) is 14.1 Å². The second kappa shape index (κ2) is 8.77. The summed E-state index contributed by atoms with van der Waals surface area (Å²) in [5.41, 5.74) is 0.390. The predicted molar refractivity (Wildman–Crippen MR) is 108 cm³/mol. The molecule has 2 aromatic rings. The van der Waals surface area contributed by atoms with Gasteiger partial charge in [-0.3, -0.25) is 4.79 Å². The van der Waals surface area contributed by atoms with Gasteiger partial charge in [-0.25, -0.2) is 17.2 Å². The number of benzene rings is 2. The molecule has 1 atom stereocenters. The Balaban J connectivity index is 2.40. The Labute approximate surface area is 174 Å². The van der Waals surface area contributed by atoms with Gasteiger partial charge in [0, 0.05) is 20.1 Å². The first-order valence-corrected chi connectivity index (χ1v) is 10.7. The lowest BCUT2D eigenvalue weighted by atomic mass is 10.1. The van der Waals surface area contributed by atoms with E-state index in [1.165, 1.54) is 47.6 Å². The topological polar surface area (TPSA) is 57.7 Å². The van der Waals surface area contributed by atoms with Gasteiger partial charge in [0.15, 0.2) is 11.6 Å². The third kappa shape index (κ3) is 4.76. The normalized spacial score (nSPS) is 13.0. The number of rotatable bonds is 6. The van der Waals surface area contributed by atoms with Crippen LogP contribution in [0.1, 0.15) is 42.7 Å². The molecule has 9 heteroatoms.